The van der Waals surface area contributed by atoms with Gasteiger partial charge in [0.05, 0.1) is 11.3 Å². The van der Waals surface area contributed by atoms with Gasteiger partial charge in [-0.05, 0) is 56.5 Å². The minimum absolute atomic E-state index is 0.736. The summed E-state index contributed by atoms with van der Waals surface area (Å²) in [6.45, 7) is 3.35. The van der Waals surface area contributed by atoms with E-state index in [0.717, 1.165) is 41.2 Å². The summed E-state index contributed by atoms with van der Waals surface area (Å²) in [7, 11) is 0. The van der Waals surface area contributed by atoms with E-state index in [2.05, 4.69) is 28.4 Å². The zero-order chi connectivity index (χ0) is 14.7. The summed E-state index contributed by atoms with van der Waals surface area (Å²) in [6, 6.07) is 9.36. The van der Waals surface area contributed by atoms with Gasteiger partial charge in [-0.15, -0.1) is 11.8 Å². The second-order valence-corrected chi connectivity index (χ2v) is 6.84. The molecule has 21 heavy (non-hydrogen) atoms. The second kappa shape index (κ2) is 6.72. The van der Waals surface area contributed by atoms with E-state index in [1.54, 1.807) is 11.8 Å². The Morgan fingerprint density at radius 3 is 2.71 bits per heavy atom. The largest absolute Gasteiger partial charge is 0.370 e. The molecule has 0 amide bonds. The maximum absolute atomic E-state index is 9.49. The van der Waals surface area contributed by atoms with Gasteiger partial charge < -0.3 is 10.2 Å². The topological polar surface area (TPSA) is 39.1 Å². The number of nitriles is 1. The molecular formula is C17H23N3S. The first kappa shape index (κ1) is 14.7. The van der Waals surface area contributed by atoms with Gasteiger partial charge in [0.25, 0.3) is 0 Å². The van der Waals surface area contributed by atoms with Crippen molar-refractivity contribution in [2.75, 3.05) is 30.8 Å². The first-order valence-electron chi connectivity index (χ1n) is 7.89. The zero-order valence-electron chi connectivity index (χ0n) is 12.6. The van der Waals surface area contributed by atoms with E-state index in [1.807, 2.05) is 12.3 Å². The van der Waals surface area contributed by atoms with Gasteiger partial charge in [-0.2, -0.15) is 5.26 Å². The van der Waals surface area contributed by atoms with Crippen molar-refractivity contribution in [3.05, 3.63) is 23.8 Å². The second-order valence-electron chi connectivity index (χ2n) is 5.99. The van der Waals surface area contributed by atoms with Gasteiger partial charge in [-0.3, -0.25) is 0 Å². The van der Waals surface area contributed by atoms with Crippen molar-refractivity contribution in [1.82, 2.24) is 5.32 Å². The summed E-state index contributed by atoms with van der Waals surface area (Å²) in [6.07, 6.45) is 7.20. The Balaban J connectivity index is 1.71. The molecule has 1 N–H and O–H groups in total. The highest BCUT2D eigenvalue weighted by Crippen LogP contribution is 2.33. The maximum atomic E-state index is 9.49. The lowest BCUT2D eigenvalue weighted by Gasteiger charge is -2.36. The number of benzene rings is 1. The predicted molar refractivity (Wildman–Crippen MR) is 88.9 cm³/mol. The quantitative estimate of drug-likeness (QED) is 0.870. The molecule has 1 aromatic rings. The van der Waals surface area contributed by atoms with Crippen LogP contribution in [0.25, 0.3) is 0 Å². The van der Waals surface area contributed by atoms with Crippen LogP contribution in [0.1, 0.15) is 31.2 Å². The fourth-order valence-corrected chi connectivity index (χ4v) is 4.29. The normalized spacial score (nSPS) is 23.2. The Kier molecular flexibility index (Phi) is 4.72. The summed E-state index contributed by atoms with van der Waals surface area (Å²) < 4.78 is 0. The first-order valence-corrected chi connectivity index (χ1v) is 9.11. The first-order chi connectivity index (χ1) is 10.3. The van der Waals surface area contributed by atoms with Crippen LogP contribution >= 0.6 is 11.8 Å². The molecule has 1 atom stereocenters. The van der Waals surface area contributed by atoms with E-state index in [1.165, 1.54) is 32.2 Å². The van der Waals surface area contributed by atoms with Gasteiger partial charge in [0.1, 0.15) is 6.07 Å². The summed E-state index contributed by atoms with van der Waals surface area (Å²) in [5, 5.41) is 13.1. The van der Waals surface area contributed by atoms with Gasteiger partial charge in [-0.1, -0.05) is 6.07 Å². The van der Waals surface area contributed by atoms with Gasteiger partial charge in [-0.25, -0.2) is 0 Å². The fraction of sp³-hybridized carbons (Fsp3) is 0.588. The summed E-state index contributed by atoms with van der Waals surface area (Å²) in [5.74, 6) is 0.818. The monoisotopic (exact) mass is 301 g/mol. The summed E-state index contributed by atoms with van der Waals surface area (Å²) >= 11 is 1.66. The van der Waals surface area contributed by atoms with E-state index in [-0.39, 0.29) is 0 Å². The smallest absolute Gasteiger partial charge is 0.103 e. The Hall–Kier alpha value is -1.18. The molecule has 1 aromatic carbocycles. The number of hydrogen-bond donors (Lipinski definition) is 1. The van der Waals surface area contributed by atoms with Crippen LogP contribution in [0.15, 0.2) is 23.1 Å². The highest BCUT2D eigenvalue weighted by atomic mass is 32.2. The van der Waals surface area contributed by atoms with Crippen LogP contribution in [0.5, 0.6) is 0 Å². The van der Waals surface area contributed by atoms with E-state index in [4.69, 9.17) is 0 Å². The Morgan fingerprint density at radius 2 is 2.10 bits per heavy atom. The third kappa shape index (κ3) is 3.04. The van der Waals surface area contributed by atoms with E-state index in [0.29, 0.717) is 0 Å². The van der Waals surface area contributed by atoms with Crippen LogP contribution in [0.2, 0.25) is 0 Å². The lowest BCUT2D eigenvalue weighted by molar-refractivity contribution is 0.319. The van der Waals surface area contributed by atoms with Crippen molar-refractivity contribution in [3.63, 3.8) is 0 Å². The standard InChI is InChI=1S/C17H23N3S/c1-21-17-6-2-5-16(14(17)12-18)20-10-7-13(8-11-20)15-4-3-9-19-15/h2,5-6,13,15,19H,3-4,7-11H2,1H3. The van der Waals surface area contributed by atoms with Gasteiger partial charge in [0, 0.05) is 24.0 Å². The van der Waals surface area contributed by atoms with Crippen molar-refractivity contribution in [3.8, 4) is 6.07 Å². The molecule has 2 heterocycles. The number of hydrogen-bond acceptors (Lipinski definition) is 4. The van der Waals surface area contributed by atoms with Crippen molar-refractivity contribution in [2.24, 2.45) is 5.92 Å². The van der Waals surface area contributed by atoms with Crippen LogP contribution in [-0.4, -0.2) is 31.9 Å². The number of piperidine rings is 1. The number of nitrogens with zero attached hydrogens (tertiary/aromatic N) is 2. The van der Waals surface area contributed by atoms with Crippen molar-refractivity contribution in [2.45, 2.75) is 36.6 Å². The van der Waals surface area contributed by atoms with Crippen LogP contribution in [0.4, 0.5) is 5.69 Å². The molecule has 2 aliphatic rings. The summed E-state index contributed by atoms with van der Waals surface area (Å²) in [4.78, 5) is 3.50. The molecule has 0 saturated carbocycles. The average Bonchev–Trinajstić information content (AvgIpc) is 3.08. The SMILES string of the molecule is CSc1cccc(N2CCC(C3CCCN3)CC2)c1C#N. The van der Waals surface area contributed by atoms with Crippen molar-refractivity contribution >= 4 is 17.4 Å². The number of thioether (sulfide) groups is 1. The van der Waals surface area contributed by atoms with Crippen LogP contribution < -0.4 is 10.2 Å². The molecule has 0 bridgehead atoms. The lowest BCUT2D eigenvalue weighted by atomic mass is 9.88. The predicted octanol–water partition coefficient (Wildman–Crippen LogP) is 3.25. The van der Waals surface area contributed by atoms with E-state index < -0.39 is 0 Å². The zero-order valence-corrected chi connectivity index (χ0v) is 13.5. The van der Waals surface area contributed by atoms with Gasteiger partial charge in [0.15, 0.2) is 0 Å². The molecule has 0 aromatic heterocycles. The van der Waals surface area contributed by atoms with Crippen LogP contribution in [0.3, 0.4) is 0 Å². The molecule has 1 unspecified atom stereocenters. The number of rotatable bonds is 3. The molecule has 3 rings (SSSR count). The molecule has 2 fully saturated rings. The van der Waals surface area contributed by atoms with E-state index in [9.17, 15) is 5.26 Å². The van der Waals surface area contributed by atoms with E-state index >= 15 is 0 Å². The number of anilines is 1. The molecule has 2 saturated heterocycles. The van der Waals surface area contributed by atoms with Crippen LogP contribution in [-0.2, 0) is 0 Å². The Morgan fingerprint density at radius 1 is 1.29 bits per heavy atom. The molecular weight excluding hydrogens is 278 g/mol. The molecule has 3 nitrogen and oxygen atoms in total. The third-order valence-electron chi connectivity index (χ3n) is 4.88. The minimum Gasteiger partial charge on any atom is -0.370 e. The molecule has 112 valence electrons. The maximum Gasteiger partial charge on any atom is 0.103 e. The fourth-order valence-electron chi connectivity index (χ4n) is 3.72. The van der Waals surface area contributed by atoms with Gasteiger partial charge in [0.2, 0.25) is 0 Å². The Bertz CT molecular complexity index is 523. The molecule has 0 radical (unpaired) electrons. The minimum atomic E-state index is 0.736. The highest BCUT2D eigenvalue weighted by molar-refractivity contribution is 7.98. The average molecular weight is 301 g/mol. The van der Waals surface area contributed by atoms with Gasteiger partial charge >= 0.3 is 0 Å². The molecule has 0 aliphatic carbocycles. The van der Waals surface area contributed by atoms with Crippen LogP contribution in [0, 0.1) is 17.2 Å². The van der Waals surface area contributed by atoms with Crippen molar-refractivity contribution < 1.29 is 0 Å². The third-order valence-corrected chi connectivity index (χ3v) is 5.66. The Labute approximate surface area is 131 Å². The molecule has 0 spiro atoms. The van der Waals surface area contributed by atoms with Crippen molar-refractivity contribution in [1.29, 1.82) is 5.26 Å². The molecule has 2 aliphatic heterocycles. The highest BCUT2D eigenvalue weighted by Gasteiger charge is 2.29. The summed E-state index contributed by atoms with van der Waals surface area (Å²) in [5.41, 5.74) is 1.98. The lowest BCUT2D eigenvalue weighted by Crippen LogP contribution is -2.41. The molecule has 4 heteroatoms. The number of nitrogens with one attached hydrogen (secondary N) is 1.